The maximum absolute atomic E-state index is 11.6. The highest BCUT2D eigenvalue weighted by Gasteiger charge is 2.18. The van der Waals surface area contributed by atoms with Gasteiger partial charge in [0.1, 0.15) is 5.84 Å². The summed E-state index contributed by atoms with van der Waals surface area (Å²) in [5.74, 6) is -0.259. The first-order chi connectivity index (χ1) is 11.6. The van der Waals surface area contributed by atoms with Crippen LogP contribution in [0.4, 0.5) is 0 Å². The number of carboxylic acid groups (broad SMARTS) is 1. The summed E-state index contributed by atoms with van der Waals surface area (Å²) in [7, 11) is 0. The minimum Gasteiger partial charge on any atom is -0.478 e. The van der Waals surface area contributed by atoms with Crippen LogP contribution in [-0.2, 0) is 0 Å². The van der Waals surface area contributed by atoms with Gasteiger partial charge in [-0.05, 0) is 44.2 Å². The molecular formula is C18H19BrN2O2S. The molecule has 0 amide bonds. The third-order valence-corrected chi connectivity index (χ3v) is 4.79. The summed E-state index contributed by atoms with van der Waals surface area (Å²) < 4.78 is 5.67. The third kappa shape index (κ3) is 4.61. The SMILES string of the molecule is CCN(CC)/C(=N/Sc1ccc(Br)cc1)c1ccccc1C(=O)O. The van der Waals surface area contributed by atoms with Gasteiger partial charge in [-0.2, -0.15) is 4.40 Å². The zero-order valence-electron chi connectivity index (χ0n) is 13.6. The molecule has 0 spiro atoms. The molecule has 4 nitrogen and oxygen atoms in total. The summed E-state index contributed by atoms with van der Waals surface area (Å²) in [6.07, 6.45) is 0. The molecule has 0 aliphatic rings. The Bertz CT molecular complexity index is 728. The van der Waals surface area contributed by atoms with E-state index in [9.17, 15) is 9.90 Å². The number of hydrogen-bond donors (Lipinski definition) is 1. The molecule has 0 aromatic heterocycles. The summed E-state index contributed by atoms with van der Waals surface area (Å²) >= 11 is 4.76. The number of hydrogen-bond acceptors (Lipinski definition) is 3. The van der Waals surface area contributed by atoms with Crippen molar-refractivity contribution < 1.29 is 9.90 Å². The first-order valence-corrected chi connectivity index (χ1v) is 9.21. The fourth-order valence-electron chi connectivity index (χ4n) is 2.26. The van der Waals surface area contributed by atoms with Crippen LogP contribution in [0, 0.1) is 0 Å². The van der Waals surface area contributed by atoms with Crippen LogP contribution in [0.2, 0.25) is 0 Å². The molecule has 24 heavy (non-hydrogen) atoms. The minimum absolute atomic E-state index is 0.263. The van der Waals surface area contributed by atoms with E-state index in [4.69, 9.17) is 0 Å². The molecule has 2 aromatic rings. The number of benzene rings is 2. The average molecular weight is 407 g/mol. The lowest BCUT2D eigenvalue weighted by Crippen LogP contribution is -2.32. The molecule has 6 heteroatoms. The van der Waals surface area contributed by atoms with Gasteiger partial charge in [0, 0.05) is 40.0 Å². The van der Waals surface area contributed by atoms with E-state index in [0.29, 0.717) is 11.4 Å². The normalized spacial score (nSPS) is 11.4. The molecule has 2 aromatic carbocycles. The first kappa shape index (κ1) is 18.5. The van der Waals surface area contributed by atoms with Gasteiger partial charge in [-0.15, -0.1) is 0 Å². The summed E-state index contributed by atoms with van der Waals surface area (Å²) in [4.78, 5) is 14.6. The number of halogens is 1. The van der Waals surface area contributed by atoms with Crippen LogP contribution in [0.25, 0.3) is 0 Å². The van der Waals surface area contributed by atoms with Crippen LogP contribution in [0.3, 0.4) is 0 Å². The molecule has 0 bridgehead atoms. The van der Waals surface area contributed by atoms with Crippen molar-refractivity contribution in [2.24, 2.45) is 4.40 Å². The van der Waals surface area contributed by atoms with Crippen molar-refractivity contribution >= 4 is 39.7 Å². The Morgan fingerprint density at radius 3 is 2.21 bits per heavy atom. The fourth-order valence-corrected chi connectivity index (χ4v) is 3.18. The molecule has 126 valence electrons. The second-order valence-electron chi connectivity index (χ2n) is 4.98. The predicted molar refractivity (Wildman–Crippen MR) is 103 cm³/mol. The van der Waals surface area contributed by atoms with Crippen molar-refractivity contribution in [3.63, 3.8) is 0 Å². The zero-order chi connectivity index (χ0) is 17.5. The maximum Gasteiger partial charge on any atom is 0.336 e. The van der Waals surface area contributed by atoms with Crippen molar-refractivity contribution in [3.05, 3.63) is 64.1 Å². The molecule has 1 N–H and O–H groups in total. The Balaban J connectivity index is 2.43. The van der Waals surface area contributed by atoms with Crippen LogP contribution in [0.15, 0.2) is 62.3 Å². The number of amidine groups is 1. The number of rotatable bonds is 6. The minimum atomic E-state index is -0.945. The van der Waals surface area contributed by atoms with Gasteiger partial charge in [0.2, 0.25) is 0 Å². The largest absolute Gasteiger partial charge is 0.478 e. The van der Waals surface area contributed by atoms with E-state index in [2.05, 4.69) is 25.2 Å². The number of nitrogens with zero attached hydrogens (tertiary/aromatic N) is 2. The average Bonchev–Trinajstić information content (AvgIpc) is 2.60. The van der Waals surface area contributed by atoms with E-state index in [1.54, 1.807) is 12.1 Å². The van der Waals surface area contributed by atoms with Gasteiger partial charge >= 0.3 is 5.97 Å². The van der Waals surface area contributed by atoms with Crippen LogP contribution in [0.5, 0.6) is 0 Å². The van der Waals surface area contributed by atoms with E-state index < -0.39 is 5.97 Å². The molecule has 0 saturated heterocycles. The Labute approximate surface area is 154 Å². The van der Waals surface area contributed by atoms with Gasteiger partial charge in [-0.1, -0.05) is 34.1 Å². The molecular weight excluding hydrogens is 388 g/mol. The lowest BCUT2D eigenvalue weighted by molar-refractivity contribution is 0.0696. The van der Waals surface area contributed by atoms with Crippen LogP contribution < -0.4 is 0 Å². The lowest BCUT2D eigenvalue weighted by Gasteiger charge is -2.24. The number of carbonyl (C=O) groups is 1. The van der Waals surface area contributed by atoms with Crippen molar-refractivity contribution in [3.8, 4) is 0 Å². The quantitative estimate of drug-likeness (QED) is 0.419. The Kier molecular flexibility index (Phi) is 6.87. The van der Waals surface area contributed by atoms with Crippen molar-refractivity contribution in [1.82, 2.24) is 4.90 Å². The molecule has 0 fully saturated rings. The monoisotopic (exact) mass is 406 g/mol. The molecule has 0 atom stereocenters. The summed E-state index contributed by atoms with van der Waals surface area (Å²) in [5, 5.41) is 9.47. The van der Waals surface area contributed by atoms with Gasteiger partial charge < -0.3 is 10.0 Å². The first-order valence-electron chi connectivity index (χ1n) is 7.65. The smallest absolute Gasteiger partial charge is 0.336 e. The van der Waals surface area contributed by atoms with Crippen LogP contribution >= 0.6 is 27.9 Å². The topological polar surface area (TPSA) is 52.9 Å². The summed E-state index contributed by atoms with van der Waals surface area (Å²) in [6, 6.07) is 14.9. The number of carboxylic acids is 1. The Hall–Kier alpha value is -1.79. The highest BCUT2D eigenvalue weighted by atomic mass is 79.9. The van der Waals surface area contributed by atoms with E-state index in [0.717, 1.165) is 22.5 Å². The summed E-state index contributed by atoms with van der Waals surface area (Å²) in [6.45, 7) is 5.58. The second-order valence-corrected chi connectivity index (χ2v) is 6.74. The zero-order valence-corrected chi connectivity index (χ0v) is 16.0. The highest BCUT2D eigenvalue weighted by Crippen LogP contribution is 2.24. The van der Waals surface area contributed by atoms with E-state index in [1.807, 2.05) is 50.2 Å². The summed E-state index contributed by atoms with van der Waals surface area (Å²) in [5.41, 5.74) is 0.901. The second kappa shape index (κ2) is 8.89. The standard InChI is InChI=1S/C18H19BrN2O2S/c1-3-21(4-2)17(15-7-5-6-8-16(15)18(22)23)20-24-14-11-9-13(19)10-12-14/h5-12H,3-4H2,1-2H3,(H,22,23)/b20-17+. The van der Waals surface area contributed by atoms with E-state index in [1.165, 1.54) is 11.9 Å². The van der Waals surface area contributed by atoms with E-state index in [-0.39, 0.29) is 5.56 Å². The van der Waals surface area contributed by atoms with Crippen molar-refractivity contribution in [1.29, 1.82) is 0 Å². The van der Waals surface area contributed by atoms with Crippen molar-refractivity contribution in [2.45, 2.75) is 18.7 Å². The van der Waals surface area contributed by atoms with Gasteiger partial charge in [0.15, 0.2) is 0 Å². The van der Waals surface area contributed by atoms with Crippen LogP contribution in [0.1, 0.15) is 29.8 Å². The molecule has 0 saturated carbocycles. The molecule has 0 aliphatic heterocycles. The van der Waals surface area contributed by atoms with E-state index >= 15 is 0 Å². The third-order valence-electron chi connectivity index (χ3n) is 3.51. The molecule has 0 radical (unpaired) electrons. The molecule has 2 rings (SSSR count). The molecule has 0 aliphatic carbocycles. The maximum atomic E-state index is 11.6. The van der Waals surface area contributed by atoms with Gasteiger partial charge in [-0.3, -0.25) is 0 Å². The fraction of sp³-hybridized carbons (Fsp3) is 0.222. The van der Waals surface area contributed by atoms with Crippen molar-refractivity contribution in [2.75, 3.05) is 13.1 Å². The predicted octanol–water partition coefficient (Wildman–Crippen LogP) is 4.94. The Morgan fingerprint density at radius 1 is 1.08 bits per heavy atom. The lowest BCUT2D eigenvalue weighted by atomic mass is 10.1. The highest BCUT2D eigenvalue weighted by molar-refractivity contribution is 9.10. The Morgan fingerprint density at radius 2 is 1.67 bits per heavy atom. The van der Waals surface area contributed by atoms with Gasteiger partial charge in [-0.25, -0.2) is 4.79 Å². The molecule has 0 heterocycles. The van der Waals surface area contributed by atoms with Gasteiger partial charge in [0.25, 0.3) is 0 Å². The molecule has 0 unspecified atom stereocenters. The van der Waals surface area contributed by atoms with Gasteiger partial charge in [0.05, 0.1) is 5.56 Å². The van der Waals surface area contributed by atoms with Crippen LogP contribution in [-0.4, -0.2) is 34.9 Å². The number of aromatic carboxylic acids is 1.